The molecular formula is C12H18N2O. The van der Waals surface area contributed by atoms with Gasteiger partial charge in [0.05, 0.1) is 0 Å². The van der Waals surface area contributed by atoms with Gasteiger partial charge in [0.15, 0.2) is 0 Å². The Hall–Kier alpha value is -1.35. The van der Waals surface area contributed by atoms with E-state index in [9.17, 15) is 4.79 Å². The Morgan fingerprint density at radius 1 is 1.33 bits per heavy atom. The lowest BCUT2D eigenvalue weighted by Gasteiger charge is -2.17. The molecule has 3 heteroatoms. The first-order chi connectivity index (χ1) is 6.87. The van der Waals surface area contributed by atoms with Crippen molar-refractivity contribution >= 4 is 11.6 Å². The van der Waals surface area contributed by atoms with Crippen LogP contribution in [-0.2, 0) is 4.79 Å². The summed E-state index contributed by atoms with van der Waals surface area (Å²) >= 11 is 0. The molecule has 0 heterocycles. The number of rotatable bonds is 3. The monoisotopic (exact) mass is 206 g/mol. The molecule has 1 rings (SSSR count). The van der Waals surface area contributed by atoms with Gasteiger partial charge in [0.1, 0.15) is 0 Å². The minimum absolute atomic E-state index is 0.0497. The van der Waals surface area contributed by atoms with Gasteiger partial charge in [0.2, 0.25) is 5.91 Å². The van der Waals surface area contributed by atoms with Crippen LogP contribution < -0.4 is 11.1 Å². The fourth-order valence-electron chi connectivity index (χ4n) is 1.26. The quantitative estimate of drug-likeness (QED) is 0.795. The van der Waals surface area contributed by atoms with Crippen molar-refractivity contribution < 1.29 is 4.79 Å². The number of amides is 1. The number of carbonyl (C=O) groups excluding carboxylic acids is 1. The molecule has 0 bridgehead atoms. The van der Waals surface area contributed by atoms with Gasteiger partial charge in [-0.1, -0.05) is 17.7 Å². The second kappa shape index (κ2) is 4.45. The fraction of sp³-hybridized carbons (Fsp3) is 0.417. The summed E-state index contributed by atoms with van der Waals surface area (Å²) in [4.78, 5) is 11.5. The van der Waals surface area contributed by atoms with Gasteiger partial charge in [0.25, 0.3) is 0 Å². The highest BCUT2D eigenvalue weighted by Crippen LogP contribution is 2.11. The Kier molecular flexibility index (Phi) is 3.48. The van der Waals surface area contributed by atoms with E-state index in [0.717, 1.165) is 5.69 Å². The standard InChI is InChI=1S/C12H18N2O/c1-9-4-6-10(7-5-9)14-11(15)8-12(2,3)13/h4-7H,8,13H2,1-3H3,(H,14,15). The van der Waals surface area contributed by atoms with Gasteiger partial charge in [-0.15, -0.1) is 0 Å². The average Bonchev–Trinajstić information content (AvgIpc) is 2.05. The number of carbonyl (C=O) groups is 1. The highest BCUT2D eigenvalue weighted by Gasteiger charge is 2.16. The predicted octanol–water partition coefficient (Wildman–Crippen LogP) is 2.06. The molecule has 3 nitrogen and oxygen atoms in total. The van der Waals surface area contributed by atoms with Gasteiger partial charge in [-0.2, -0.15) is 0 Å². The Balaban J connectivity index is 2.55. The zero-order valence-corrected chi connectivity index (χ0v) is 9.50. The molecule has 0 unspecified atom stereocenters. The van der Waals surface area contributed by atoms with Crippen LogP contribution in [0.15, 0.2) is 24.3 Å². The summed E-state index contributed by atoms with van der Waals surface area (Å²) in [5.74, 6) is -0.0497. The number of nitrogens with one attached hydrogen (secondary N) is 1. The molecule has 1 aromatic rings. The Bertz CT molecular complexity index is 336. The van der Waals surface area contributed by atoms with Crippen LogP contribution in [0.2, 0.25) is 0 Å². The van der Waals surface area contributed by atoms with Crippen molar-refractivity contribution in [3.63, 3.8) is 0 Å². The summed E-state index contributed by atoms with van der Waals surface area (Å²) in [5, 5.41) is 2.81. The van der Waals surface area contributed by atoms with E-state index in [4.69, 9.17) is 5.73 Å². The molecule has 0 saturated heterocycles. The van der Waals surface area contributed by atoms with Crippen LogP contribution in [-0.4, -0.2) is 11.4 Å². The summed E-state index contributed by atoms with van der Waals surface area (Å²) in [6, 6.07) is 7.69. The first-order valence-electron chi connectivity index (χ1n) is 5.02. The molecule has 0 aliphatic carbocycles. The van der Waals surface area contributed by atoms with Crippen molar-refractivity contribution in [2.45, 2.75) is 32.7 Å². The summed E-state index contributed by atoms with van der Waals surface area (Å²) in [6.07, 6.45) is 0.320. The zero-order valence-electron chi connectivity index (χ0n) is 9.50. The van der Waals surface area contributed by atoms with Crippen LogP contribution in [0.25, 0.3) is 0 Å². The Morgan fingerprint density at radius 2 is 1.87 bits per heavy atom. The van der Waals surface area contributed by atoms with Gasteiger partial charge in [-0.25, -0.2) is 0 Å². The van der Waals surface area contributed by atoms with Gasteiger partial charge in [0, 0.05) is 17.6 Å². The van der Waals surface area contributed by atoms with Crippen molar-refractivity contribution in [1.82, 2.24) is 0 Å². The van der Waals surface area contributed by atoms with Crippen molar-refractivity contribution in [2.24, 2.45) is 5.73 Å². The first kappa shape index (κ1) is 11.7. The molecule has 0 aliphatic heterocycles. The van der Waals surface area contributed by atoms with E-state index in [1.807, 2.05) is 45.0 Å². The van der Waals surface area contributed by atoms with Crippen LogP contribution in [0.3, 0.4) is 0 Å². The van der Waals surface area contributed by atoms with Gasteiger partial charge in [-0.05, 0) is 32.9 Å². The molecule has 0 atom stereocenters. The molecule has 1 aromatic carbocycles. The molecule has 0 aliphatic rings. The maximum absolute atomic E-state index is 11.5. The third-order valence-corrected chi connectivity index (χ3v) is 1.95. The van der Waals surface area contributed by atoms with E-state index in [0.29, 0.717) is 6.42 Å². The third-order valence-electron chi connectivity index (χ3n) is 1.95. The van der Waals surface area contributed by atoms with Crippen LogP contribution in [0.1, 0.15) is 25.8 Å². The topological polar surface area (TPSA) is 55.1 Å². The molecule has 3 N–H and O–H groups in total. The number of anilines is 1. The summed E-state index contributed by atoms with van der Waals surface area (Å²) < 4.78 is 0. The summed E-state index contributed by atoms with van der Waals surface area (Å²) in [5.41, 5.74) is 7.28. The number of hydrogen-bond acceptors (Lipinski definition) is 2. The zero-order chi connectivity index (χ0) is 11.5. The largest absolute Gasteiger partial charge is 0.326 e. The summed E-state index contributed by atoms with van der Waals surface area (Å²) in [7, 11) is 0. The van der Waals surface area contributed by atoms with Crippen molar-refractivity contribution in [1.29, 1.82) is 0 Å². The average molecular weight is 206 g/mol. The van der Waals surface area contributed by atoms with Crippen LogP contribution >= 0.6 is 0 Å². The van der Waals surface area contributed by atoms with E-state index in [1.54, 1.807) is 0 Å². The molecule has 15 heavy (non-hydrogen) atoms. The second-order valence-electron chi connectivity index (χ2n) is 4.58. The van der Waals surface area contributed by atoms with Crippen molar-refractivity contribution in [3.8, 4) is 0 Å². The van der Waals surface area contributed by atoms with E-state index >= 15 is 0 Å². The molecule has 0 aromatic heterocycles. The molecule has 0 saturated carbocycles. The first-order valence-corrected chi connectivity index (χ1v) is 5.02. The Labute approximate surface area is 90.7 Å². The molecule has 0 radical (unpaired) electrons. The van der Waals surface area contributed by atoms with Crippen molar-refractivity contribution in [3.05, 3.63) is 29.8 Å². The molecular weight excluding hydrogens is 188 g/mol. The SMILES string of the molecule is Cc1ccc(NC(=O)CC(C)(C)N)cc1. The van der Waals surface area contributed by atoms with E-state index in [1.165, 1.54) is 5.56 Å². The van der Waals surface area contributed by atoms with Gasteiger partial charge < -0.3 is 11.1 Å². The lowest BCUT2D eigenvalue weighted by Crippen LogP contribution is -2.36. The Morgan fingerprint density at radius 3 is 2.33 bits per heavy atom. The third kappa shape index (κ3) is 4.61. The molecule has 82 valence electrons. The molecule has 1 amide bonds. The number of nitrogens with two attached hydrogens (primary N) is 1. The van der Waals surface area contributed by atoms with E-state index in [-0.39, 0.29) is 5.91 Å². The number of aryl methyl sites for hydroxylation is 1. The fourth-order valence-corrected chi connectivity index (χ4v) is 1.26. The second-order valence-corrected chi connectivity index (χ2v) is 4.58. The van der Waals surface area contributed by atoms with Gasteiger partial charge in [-0.3, -0.25) is 4.79 Å². The highest BCUT2D eigenvalue weighted by atomic mass is 16.1. The van der Waals surface area contributed by atoms with Crippen molar-refractivity contribution in [2.75, 3.05) is 5.32 Å². The highest BCUT2D eigenvalue weighted by molar-refractivity contribution is 5.91. The number of hydrogen-bond donors (Lipinski definition) is 2. The lowest BCUT2D eigenvalue weighted by atomic mass is 10.0. The lowest BCUT2D eigenvalue weighted by molar-refractivity contribution is -0.117. The predicted molar refractivity (Wildman–Crippen MR) is 62.7 cm³/mol. The van der Waals surface area contributed by atoms with Crippen LogP contribution in [0, 0.1) is 6.92 Å². The van der Waals surface area contributed by atoms with E-state index in [2.05, 4.69) is 5.32 Å². The number of benzene rings is 1. The summed E-state index contributed by atoms with van der Waals surface area (Å²) in [6.45, 7) is 5.68. The smallest absolute Gasteiger partial charge is 0.226 e. The van der Waals surface area contributed by atoms with E-state index < -0.39 is 5.54 Å². The molecule has 0 fully saturated rings. The van der Waals surface area contributed by atoms with Crippen LogP contribution in [0.5, 0.6) is 0 Å². The maximum Gasteiger partial charge on any atom is 0.226 e. The van der Waals surface area contributed by atoms with Crippen LogP contribution in [0.4, 0.5) is 5.69 Å². The minimum Gasteiger partial charge on any atom is -0.326 e. The molecule has 0 spiro atoms. The maximum atomic E-state index is 11.5. The van der Waals surface area contributed by atoms with Gasteiger partial charge >= 0.3 is 0 Å². The minimum atomic E-state index is -0.464. The normalized spacial score (nSPS) is 11.2.